The van der Waals surface area contributed by atoms with Gasteiger partial charge in [0.05, 0.1) is 26.4 Å². The quantitative estimate of drug-likeness (QED) is 0.0389. The molecule has 2 atom stereocenters. The van der Waals surface area contributed by atoms with Crippen LogP contribution in [0, 0.1) is 0 Å². The molecule has 1 rings (SSSR count). The molecule has 1 heterocycles. The Bertz CT molecular complexity index is 1160. The minimum Gasteiger partial charge on any atom is -0.462 e. The number of hydrogen-bond donors (Lipinski definition) is 0. The predicted octanol–water partition coefficient (Wildman–Crippen LogP) is 18.8. The van der Waals surface area contributed by atoms with Gasteiger partial charge < -0.3 is 28.6 Å². The summed E-state index contributed by atoms with van der Waals surface area (Å²) in [7, 11) is 4.13. The smallest absolute Gasteiger partial charge is 0.306 e. The van der Waals surface area contributed by atoms with Gasteiger partial charge in [0, 0.05) is 6.42 Å². The first-order valence-corrected chi connectivity index (χ1v) is 30.4. The minimum absolute atomic E-state index is 0.0130. The molecule has 0 saturated carbocycles. The first kappa shape index (κ1) is 66.2. The zero-order chi connectivity index (χ0) is 50.6. The molecule has 410 valence electrons. The van der Waals surface area contributed by atoms with Gasteiger partial charge in [-0.15, -0.1) is 0 Å². The molecule has 0 N–H and O–H groups in total. The molecule has 0 bridgehead atoms. The van der Waals surface area contributed by atoms with Gasteiger partial charge in [0.1, 0.15) is 6.10 Å². The fourth-order valence-electron chi connectivity index (χ4n) is 9.31. The average Bonchev–Trinajstić information content (AvgIpc) is 3.35. The third-order valence-corrected chi connectivity index (χ3v) is 13.9. The largest absolute Gasteiger partial charge is 0.462 e. The van der Waals surface area contributed by atoms with Crippen LogP contribution in [0.25, 0.3) is 0 Å². The van der Waals surface area contributed by atoms with Gasteiger partial charge in [0.15, 0.2) is 12.6 Å². The second kappa shape index (κ2) is 52.1. The number of allylic oxidation sites excluding steroid dienone is 4. The topological polar surface area (TPSA) is 66.5 Å². The number of unbranched alkanes of at least 4 members (excludes halogenated alkanes) is 16. The summed E-state index contributed by atoms with van der Waals surface area (Å²) < 4.78 is 32.9. The van der Waals surface area contributed by atoms with Crippen molar-refractivity contribution in [3.05, 3.63) is 47.6 Å². The van der Waals surface area contributed by atoms with E-state index in [2.05, 4.69) is 83.1 Å². The molecule has 0 amide bonds. The van der Waals surface area contributed by atoms with E-state index in [1.165, 1.54) is 178 Å². The number of nitrogens with zero attached hydrogens (tertiary/aromatic N) is 1. The van der Waals surface area contributed by atoms with Crippen molar-refractivity contribution in [2.24, 2.45) is 0 Å². The molecule has 70 heavy (non-hydrogen) atoms. The lowest BCUT2D eigenvalue weighted by Gasteiger charge is -2.23. The van der Waals surface area contributed by atoms with Gasteiger partial charge in [-0.2, -0.15) is 0 Å². The van der Waals surface area contributed by atoms with E-state index in [-0.39, 0.29) is 24.7 Å². The Balaban J connectivity index is 3.31. The number of rotatable bonds is 31. The molecule has 0 aromatic carbocycles. The summed E-state index contributed by atoms with van der Waals surface area (Å²) in [5, 5.41) is 0. The van der Waals surface area contributed by atoms with E-state index in [1.807, 2.05) is 0 Å². The van der Waals surface area contributed by atoms with Crippen molar-refractivity contribution >= 4 is 5.97 Å². The van der Waals surface area contributed by atoms with E-state index in [9.17, 15) is 4.79 Å². The maximum Gasteiger partial charge on any atom is 0.306 e. The standard InChI is InChI=1S/C63H117NO6/c1-7-11-15-19-27-35-43-54-66-62-51-41-33-25-21-23-31-39-48-60(70-61(65)50-45-53-64(5)6)49-40-32-24-22-26-34-42-52-63(67-55-44-36-28-20-16-12-8-2)69-57-59(47-38-30-18-14-10-4)58(56-68-62)46-37-29-17-13-9-3/h35-36,43-44,46-47,60,62-63H,7-34,37-42,45,48-57H2,1-6H3. The molecule has 1 saturated heterocycles. The van der Waals surface area contributed by atoms with E-state index in [0.29, 0.717) is 32.8 Å². The number of ether oxygens (including phenoxy) is 5. The third kappa shape index (κ3) is 43.8. The zero-order valence-electron chi connectivity index (χ0n) is 47.4. The fraction of sp³-hybridized carbons (Fsp3) is 0.857. The first-order chi connectivity index (χ1) is 34.4. The monoisotopic (exact) mass is 984 g/mol. The lowest BCUT2D eigenvalue weighted by atomic mass is 10.0. The summed E-state index contributed by atoms with van der Waals surface area (Å²) in [4.78, 5) is 15.0. The Kier molecular flexibility index (Phi) is 49.3. The number of hydrogen-bond acceptors (Lipinski definition) is 7. The predicted molar refractivity (Wildman–Crippen MR) is 302 cm³/mol. The van der Waals surface area contributed by atoms with E-state index in [1.54, 1.807) is 0 Å². The highest BCUT2D eigenvalue weighted by Gasteiger charge is 2.17. The van der Waals surface area contributed by atoms with Crippen molar-refractivity contribution in [2.75, 3.05) is 47.1 Å². The molecule has 1 aliphatic heterocycles. The molecule has 0 spiro atoms. The van der Waals surface area contributed by atoms with Crippen LogP contribution in [0.4, 0.5) is 0 Å². The van der Waals surface area contributed by atoms with Crippen molar-refractivity contribution in [2.45, 2.75) is 303 Å². The normalized spacial score (nSPS) is 21.3. The van der Waals surface area contributed by atoms with E-state index >= 15 is 0 Å². The minimum atomic E-state index is -0.241. The summed E-state index contributed by atoms with van der Waals surface area (Å²) in [5.41, 5.74) is 2.55. The van der Waals surface area contributed by atoms with Crippen LogP contribution in [0.15, 0.2) is 47.6 Å². The Labute approximate surface area is 435 Å². The summed E-state index contributed by atoms with van der Waals surface area (Å²) in [5.74, 6) is -0.0130. The lowest BCUT2D eigenvalue weighted by molar-refractivity contribution is -0.150. The number of carbonyl (C=O) groups excluding carboxylic acids is 1. The van der Waals surface area contributed by atoms with Crippen LogP contribution in [0.5, 0.6) is 0 Å². The molecule has 0 aromatic rings. The highest BCUT2D eigenvalue weighted by atomic mass is 16.7. The summed E-state index contributed by atoms with van der Waals surface area (Å²) in [6.07, 6.45) is 60.1. The zero-order valence-corrected chi connectivity index (χ0v) is 47.4. The molecule has 7 nitrogen and oxygen atoms in total. The van der Waals surface area contributed by atoms with E-state index < -0.39 is 0 Å². The van der Waals surface area contributed by atoms with Crippen LogP contribution in [-0.2, 0) is 28.5 Å². The molecule has 7 heteroatoms. The third-order valence-electron chi connectivity index (χ3n) is 13.9. The van der Waals surface area contributed by atoms with Crippen molar-refractivity contribution in [3.8, 4) is 0 Å². The van der Waals surface area contributed by atoms with Gasteiger partial charge in [-0.25, -0.2) is 0 Å². The van der Waals surface area contributed by atoms with E-state index in [4.69, 9.17) is 23.7 Å². The fourth-order valence-corrected chi connectivity index (χ4v) is 9.31. The van der Waals surface area contributed by atoms with E-state index in [0.717, 1.165) is 90.0 Å². The van der Waals surface area contributed by atoms with Crippen molar-refractivity contribution in [3.63, 3.8) is 0 Å². The Morgan fingerprint density at radius 3 is 1.23 bits per heavy atom. The molecular weight excluding hydrogens is 867 g/mol. The lowest BCUT2D eigenvalue weighted by Crippen LogP contribution is -2.22. The van der Waals surface area contributed by atoms with Gasteiger partial charge in [-0.1, -0.05) is 205 Å². The second-order valence-corrected chi connectivity index (χ2v) is 21.1. The van der Waals surface area contributed by atoms with Crippen LogP contribution >= 0.6 is 0 Å². The van der Waals surface area contributed by atoms with Crippen molar-refractivity contribution in [1.29, 1.82) is 0 Å². The van der Waals surface area contributed by atoms with Gasteiger partial charge in [0.25, 0.3) is 0 Å². The number of esters is 1. The van der Waals surface area contributed by atoms with Crippen molar-refractivity contribution in [1.82, 2.24) is 4.90 Å². The summed E-state index contributed by atoms with van der Waals surface area (Å²) in [6.45, 7) is 12.3. The van der Waals surface area contributed by atoms with Gasteiger partial charge >= 0.3 is 5.97 Å². The van der Waals surface area contributed by atoms with Crippen LogP contribution in [0.2, 0.25) is 0 Å². The Morgan fingerprint density at radius 1 is 0.471 bits per heavy atom. The van der Waals surface area contributed by atoms with Gasteiger partial charge in [-0.3, -0.25) is 4.79 Å². The summed E-state index contributed by atoms with van der Waals surface area (Å²) in [6, 6.07) is 0. The number of carbonyl (C=O) groups is 1. The van der Waals surface area contributed by atoms with Crippen LogP contribution < -0.4 is 0 Å². The van der Waals surface area contributed by atoms with Gasteiger partial charge in [-0.05, 0) is 141 Å². The summed E-state index contributed by atoms with van der Waals surface area (Å²) >= 11 is 0. The molecule has 1 fully saturated rings. The molecule has 2 unspecified atom stereocenters. The van der Waals surface area contributed by atoms with Crippen molar-refractivity contribution < 1.29 is 28.5 Å². The highest BCUT2D eigenvalue weighted by Crippen LogP contribution is 2.23. The molecule has 0 radical (unpaired) electrons. The SMILES string of the molecule is CCCCCCC=CCOC1CCCCCCCCCC(OC(=O)CCCN(C)C)CCCCCCCCCC(OCC=CCCCCCC)OCC(=CCCCCCC)C(=CCCCCCC)CO1. The molecular formula is C63H117NO6. The maximum atomic E-state index is 12.8. The first-order valence-electron chi connectivity index (χ1n) is 30.4. The Morgan fingerprint density at radius 2 is 0.843 bits per heavy atom. The molecule has 0 aliphatic carbocycles. The second-order valence-electron chi connectivity index (χ2n) is 21.1. The Hall–Kier alpha value is -1.77. The highest BCUT2D eigenvalue weighted by molar-refractivity contribution is 5.69. The molecule has 1 aliphatic rings. The van der Waals surface area contributed by atoms with Crippen LogP contribution in [-0.4, -0.2) is 76.6 Å². The van der Waals surface area contributed by atoms with Crippen LogP contribution in [0.1, 0.15) is 285 Å². The molecule has 0 aromatic heterocycles. The average molecular weight is 985 g/mol. The van der Waals surface area contributed by atoms with Gasteiger partial charge in [0.2, 0.25) is 0 Å². The van der Waals surface area contributed by atoms with Crippen LogP contribution in [0.3, 0.4) is 0 Å². The maximum absolute atomic E-state index is 12.8.